The first-order valence-electron chi connectivity index (χ1n) is 9.04. The van der Waals surface area contributed by atoms with E-state index < -0.39 is 67.7 Å². The van der Waals surface area contributed by atoms with Gasteiger partial charge >= 0.3 is 11.9 Å². The highest BCUT2D eigenvalue weighted by atomic mass is 16.7. The Kier molecular flexibility index (Phi) is 8.08. The van der Waals surface area contributed by atoms with E-state index in [1.807, 2.05) is 6.07 Å². The third kappa shape index (κ3) is 7.03. The molecule has 0 unspecified atom stereocenters. The summed E-state index contributed by atoms with van der Waals surface area (Å²) in [7, 11) is 0. The van der Waals surface area contributed by atoms with E-state index in [1.54, 1.807) is 24.3 Å². The van der Waals surface area contributed by atoms with Gasteiger partial charge in [0.05, 0.1) is 25.0 Å². The fourth-order valence-corrected chi connectivity index (χ4v) is 2.87. The summed E-state index contributed by atoms with van der Waals surface area (Å²) in [6, 6.07) is 9.02. The molecular formula is C19H26O10. The van der Waals surface area contributed by atoms with Crippen molar-refractivity contribution in [1.29, 1.82) is 0 Å². The quantitative estimate of drug-likeness (QED) is 0.322. The molecule has 1 aliphatic rings. The standard InChI is InChI=1S/C19H26O10/c1-19(26,7-13(20)21)8-14(22)27-10-12-15(23)16(24)17(25)18(29-12)28-9-11-5-3-2-4-6-11/h2-6,12,15-18,23-26H,7-10H2,1H3,(H,20,21)/t12-,15-,16+,17-,18-,19-/m1/s1. The van der Waals surface area contributed by atoms with Crippen LogP contribution in [0.15, 0.2) is 30.3 Å². The maximum atomic E-state index is 11.9. The summed E-state index contributed by atoms with van der Waals surface area (Å²) in [5.41, 5.74) is -1.00. The molecule has 0 amide bonds. The fraction of sp³-hybridized carbons (Fsp3) is 0.579. The van der Waals surface area contributed by atoms with Crippen LogP contribution in [-0.4, -0.2) is 80.4 Å². The molecule has 5 N–H and O–H groups in total. The Hall–Kier alpha value is -2.08. The van der Waals surface area contributed by atoms with Gasteiger partial charge in [0.2, 0.25) is 0 Å². The van der Waals surface area contributed by atoms with Gasteiger partial charge in [-0.2, -0.15) is 0 Å². The number of benzene rings is 1. The van der Waals surface area contributed by atoms with E-state index in [0.29, 0.717) is 0 Å². The zero-order valence-corrected chi connectivity index (χ0v) is 15.9. The Labute approximate surface area is 167 Å². The van der Waals surface area contributed by atoms with Gasteiger partial charge in [0.25, 0.3) is 0 Å². The molecular weight excluding hydrogens is 388 g/mol. The van der Waals surface area contributed by atoms with Gasteiger partial charge in [-0.1, -0.05) is 30.3 Å². The number of carbonyl (C=O) groups is 2. The van der Waals surface area contributed by atoms with Crippen LogP contribution in [0.3, 0.4) is 0 Å². The summed E-state index contributed by atoms with van der Waals surface area (Å²) < 4.78 is 15.8. The smallest absolute Gasteiger partial charge is 0.308 e. The van der Waals surface area contributed by atoms with Crippen molar-refractivity contribution in [3.05, 3.63) is 35.9 Å². The summed E-state index contributed by atoms with van der Waals surface area (Å²) in [6.07, 6.45) is -8.35. The van der Waals surface area contributed by atoms with Crippen molar-refractivity contribution in [1.82, 2.24) is 0 Å². The minimum Gasteiger partial charge on any atom is -0.481 e. The lowest BCUT2D eigenvalue weighted by Crippen LogP contribution is -2.59. The Morgan fingerprint density at radius 1 is 1.07 bits per heavy atom. The maximum absolute atomic E-state index is 11.9. The van der Waals surface area contributed by atoms with Crippen LogP contribution in [0.5, 0.6) is 0 Å². The average Bonchev–Trinajstić information content (AvgIpc) is 2.64. The number of hydrogen-bond donors (Lipinski definition) is 5. The predicted octanol–water partition coefficient (Wildman–Crippen LogP) is -0.830. The molecule has 0 radical (unpaired) electrons. The lowest BCUT2D eigenvalue weighted by Gasteiger charge is -2.40. The predicted molar refractivity (Wildman–Crippen MR) is 96.4 cm³/mol. The van der Waals surface area contributed by atoms with Crippen molar-refractivity contribution in [3.63, 3.8) is 0 Å². The van der Waals surface area contributed by atoms with E-state index in [1.165, 1.54) is 6.92 Å². The summed E-state index contributed by atoms with van der Waals surface area (Å²) >= 11 is 0. The third-order valence-corrected chi connectivity index (χ3v) is 4.39. The first kappa shape index (κ1) is 23.2. The van der Waals surface area contributed by atoms with Crippen molar-refractivity contribution >= 4 is 11.9 Å². The number of aliphatic carboxylic acids is 1. The van der Waals surface area contributed by atoms with Crippen LogP contribution in [0, 0.1) is 0 Å². The molecule has 1 fully saturated rings. The largest absolute Gasteiger partial charge is 0.481 e. The molecule has 1 aromatic rings. The molecule has 1 aliphatic heterocycles. The topological polar surface area (TPSA) is 163 Å². The van der Waals surface area contributed by atoms with E-state index in [0.717, 1.165) is 5.56 Å². The summed E-state index contributed by atoms with van der Waals surface area (Å²) in [4.78, 5) is 22.6. The van der Waals surface area contributed by atoms with E-state index >= 15 is 0 Å². The molecule has 0 aliphatic carbocycles. The van der Waals surface area contributed by atoms with Crippen LogP contribution < -0.4 is 0 Å². The van der Waals surface area contributed by atoms with Crippen LogP contribution >= 0.6 is 0 Å². The second kappa shape index (κ2) is 10.1. The second-order valence-corrected chi connectivity index (χ2v) is 7.24. The fourth-order valence-electron chi connectivity index (χ4n) is 2.87. The van der Waals surface area contributed by atoms with Crippen molar-refractivity contribution in [2.24, 2.45) is 0 Å². The molecule has 0 saturated carbocycles. The number of carbonyl (C=O) groups excluding carboxylic acids is 1. The van der Waals surface area contributed by atoms with E-state index in [-0.39, 0.29) is 6.61 Å². The Morgan fingerprint density at radius 2 is 1.72 bits per heavy atom. The number of aliphatic hydroxyl groups excluding tert-OH is 3. The van der Waals surface area contributed by atoms with Gasteiger partial charge in [-0.25, -0.2) is 0 Å². The molecule has 1 heterocycles. The number of rotatable bonds is 9. The Morgan fingerprint density at radius 3 is 2.34 bits per heavy atom. The van der Waals surface area contributed by atoms with Gasteiger partial charge in [-0.05, 0) is 12.5 Å². The minimum absolute atomic E-state index is 0.0793. The third-order valence-electron chi connectivity index (χ3n) is 4.39. The Bertz CT molecular complexity index is 677. The highest BCUT2D eigenvalue weighted by molar-refractivity contribution is 5.73. The lowest BCUT2D eigenvalue weighted by molar-refractivity contribution is -0.304. The number of ether oxygens (including phenoxy) is 3. The molecule has 1 aromatic carbocycles. The number of esters is 1. The van der Waals surface area contributed by atoms with Gasteiger partial charge < -0.3 is 39.7 Å². The minimum atomic E-state index is -1.80. The first-order valence-corrected chi connectivity index (χ1v) is 9.04. The Balaban J connectivity index is 1.90. The number of carboxylic acid groups (broad SMARTS) is 1. The zero-order valence-electron chi connectivity index (χ0n) is 15.9. The van der Waals surface area contributed by atoms with Crippen molar-refractivity contribution in [2.45, 2.75) is 62.7 Å². The van der Waals surface area contributed by atoms with Crippen molar-refractivity contribution in [3.8, 4) is 0 Å². The van der Waals surface area contributed by atoms with E-state index in [9.17, 15) is 30.0 Å². The van der Waals surface area contributed by atoms with Crippen molar-refractivity contribution < 1.29 is 49.3 Å². The van der Waals surface area contributed by atoms with Gasteiger partial charge in [-0.15, -0.1) is 0 Å². The molecule has 1 saturated heterocycles. The molecule has 162 valence electrons. The molecule has 29 heavy (non-hydrogen) atoms. The van der Waals surface area contributed by atoms with Crippen LogP contribution in [-0.2, 0) is 30.4 Å². The number of carboxylic acids is 1. The first-order chi connectivity index (χ1) is 13.6. The molecule has 10 nitrogen and oxygen atoms in total. The number of aliphatic hydroxyl groups is 4. The number of hydrogen-bond acceptors (Lipinski definition) is 9. The van der Waals surface area contributed by atoms with Crippen LogP contribution in [0.4, 0.5) is 0 Å². The SMILES string of the molecule is C[C@@](O)(CC(=O)O)CC(=O)OC[C@H]1O[C@@H](OCc2ccccc2)[C@H](O)[C@@H](O)[C@@H]1O. The normalized spacial score (nSPS) is 29.1. The van der Waals surface area contributed by atoms with Gasteiger partial charge in [0, 0.05) is 0 Å². The summed E-state index contributed by atoms with van der Waals surface area (Å²) in [6.45, 7) is 0.774. The van der Waals surface area contributed by atoms with E-state index in [2.05, 4.69) is 0 Å². The molecule has 0 spiro atoms. The monoisotopic (exact) mass is 414 g/mol. The highest BCUT2D eigenvalue weighted by Gasteiger charge is 2.45. The van der Waals surface area contributed by atoms with Crippen LogP contribution in [0.1, 0.15) is 25.3 Å². The van der Waals surface area contributed by atoms with Crippen LogP contribution in [0.2, 0.25) is 0 Å². The van der Waals surface area contributed by atoms with Crippen LogP contribution in [0.25, 0.3) is 0 Å². The van der Waals surface area contributed by atoms with Gasteiger partial charge in [0.15, 0.2) is 6.29 Å². The highest BCUT2D eigenvalue weighted by Crippen LogP contribution is 2.24. The summed E-state index contributed by atoms with van der Waals surface area (Å²) in [5, 5.41) is 48.8. The second-order valence-electron chi connectivity index (χ2n) is 7.24. The molecule has 10 heteroatoms. The maximum Gasteiger partial charge on any atom is 0.308 e. The molecule has 6 atom stereocenters. The van der Waals surface area contributed by atoms with Crippen molar-refractivity contribution in [2.75, 3.05) is 6.61 Å². The van der Waals surface area contributed by atoms with Gasteiger partial charge in [0.1, 0.15) is 31.0 Å². The van der Waals surface area contributed by atoms with E-state index in [4.69, 9.17) is 19.3 Å². The lowest BCUT2D eigenvalue weighted by atomic mass is 9.98. The summed E-state index contributed by atoms with van der Waals surface area (Å²) in [5.74, 6) is -2.18. The molecule has 0 aromatic heterocycles. The zero-order chi connectivity index (χ0) is 21.6. The average molecular weight is 414 g/mol. The molecule has 0 bridgehead atoms. The molecule has 2 rings (SSSR count). The van der Waals surface area contributed by atoms with Gasteiger partial charge in [-0.3, -0.25) is 9.59 Å².